The molecule has 0 saturated heterocycles. The molecule has 6 heteroatoms. The second-order valence-electron chi connectivity index (χ2n) is 4.49. The van der Waals surface area contributed by atoms with Gasteiger partial charge in [0.25, 0.3) is 0 Å². The molecule has 0 amide bonds. The van der Waals surface area contributed by atoms with Gasteiger partial charge in [0.1, 0.15) is 23.7 Å². The molecular weight excluding hydrogens is 242 g/mol. The Bertz CT molecular complexity index is 539. The van der Waals surface area contributed by atoms with Gasteiger partial charge in [0.2, 0.25) is 5.88 Å². The molecule has 6 nitrogen and oxygen atoms in total. The van der Waals surface area contributed by atoms with Gasteiger partial charge >= 0.3 is 0 Å². The lowest BCUT2D eigenvalue weighted by Crippen LogP contribution is -2.25. The maximum atomic E-state index is 5.58. The van der Waals surface area contributed by atoms with Gasteiger partial charge in [0.15, 0.2) is 0 Å². The summed E-state index contributed by atoms with van der Waals surface area (Å²) in [6.45, 7) is 4.46. The Morgan fingerprint density at radius 3 is 2.84 bits per heavy atom. The van der Waals surface area contributed by atoms with E-state index >= 15 is 0 Å². The van der Waals surface area contributed by atoms with Crippen LogP contribution in [0.25, 0.3) is 0 Å². The van der Waals surface area contributed by atoms with Gasteiger partial charge in [0, 0.05) is 31.8 Å². The lowest BCUT2D eigenvalue weighted by atomic mass is 10.3. The van der Waals surface area contributed by atoms with Gasteiger partial charge in [-0.05, 0) is 19.9 Å². The molecule has 2 heterocycles. The lowest BCUT2D eigenvalue weighted by Gasteiger charge is -2.17. The minimum absolute atomic E-state index is 0.166. The summed E-state index contributed by atoms with van der Waals surface area (Å²) < 4.78 is 5.57. The Kier molecular flexibility index (Phi) is 4.01. The molecule has 0 aromatic carbocycles. The highest BCUT2D eigenvalue weighted by Gasteiger charge is 2.10. The normalized spacial score (nSPS) is 12.2. The Balaban J connectivity index is 2.18. The zero-order valence-corrected chi connectivity index (χ0v) is 11.4. The number of furan rings is 1. The molecule has 0 aliphatic rings. The van der Waals surface area contributed by atoms with Crippen molar-refractivity contribution < 1.29 is 4.42 Å². The molecule has 0 aliphatic heterocycles. The Morgan fingerprint density at radius 1 is 1.42 bits per heavy atom. The first kappa shape index (κ1) is 13.4. The van der Waals surface area contributed by atoms with Crippen LogP contribution in [0.2, 0.25) is 0 Å². The molecule has 1 atom stereocenters. The number of nitrogens with two attached hydrogens (primary N) is 1. The maximum Gasteiger partial charge on any atom is 0.200 e. The number of aromatic nitrogens is 2. The highest BCUT2D eigenvalue weighted by molar-refractivity contribution is 5.57. The van der Waals surface area contributed by atoms with Crippen molar-refractivity contribution in [3.8, 4) is 0 Å². The fraction of sp³-hybridized carbons (Fsp3) is 0.385. The van der Waals surface area contributed by atoms with E-state index in [4.69, 9.17) is 10.2 Å². The highest BCUT2D eigenvalue weighted by atomic mass is 16.4. The molecule has 0 spiro atoms. The van der Waals surface area contributed by atoms with Gasteiger partial charge in [-0.25, -0.2) is 9.97 Å². The number of hydrogen-bond donors (Lipinski definition) is 2. The van der Waals surface area contributed by atoms with Gasteiger partial charge in [-0.1, -0.05) is 0 Å². The van der Waals surface area contributed by atoms with Crippen LogP contribution in [0.15, 0.2) is 28.9 Å². The minimum atomic E-state index is 0.166. The summed E-state index contributed by atoms with van der Waals surface area (Å²) in [5.41, 5.74) is 5.58. The van der Waals surface area contributed by atoms with Crippen LogP contribution in [0, 0.1) is 6.92 Å². The molecule has 2 aromatic heterocycles. The van der Waals surface area contributed by atoms with E-state index in [-0.39, 0.29) is 6.04 Å². The Labute approximate surface area is 112 Å². The van der Waals surface area contributed by atoms with Crippen molar-refractivity contribution in [3.63, 3.8) is 0 Å². The first-order chi connectivity index (χ1) is 9.10. The third kappa shape index (κ3) is 3.23. The summed E-state index contributed by atoms with van der Waals surface area (Å²) in [5, 5.41) is 3.21. The quantitative estimate of drug-likeness (QED) is 0.855. The van der Waals surface area contributed by atoms with Crippen molar-refractivity contribution in [2.45, 2.75) is 19.9 Å². The monoisotopic (exact) mass is 261 g/mol. The molecule has 0 radical (unpaired) electrons. The fourth-order valence-electron chi connectivity index (χ4n) is 1.64. The molecule has 0 fully saturated rings. The van der Waals surface area contributed by atoms with E-state index in [0.717, 1.165) is 23.3 Å². The zero-order chi connectivity index (χ0) is 13.8. The van der Waals surface area contributed by atoms with E-state index in [0.29, 0.717) is 6.54 Å². The van der Waals surface area contributed by atoms with Crippen molar-refractivity contribution in [1.82, 2.24) is 9.97 Å². The fourth-order valence-corrected chi connectivity index (χ4v) is 1.64. The van der Waals surface area contributed by atoms with Crippen molar-refractivity contribution >= 4 is 17.5 Å². The number of nitrogens with one attached hydrogen (secondary N) is 1. The van der Waals surface area contributed by atoms with Crippen LogP contribution in [0.5, 0.6) is 0 Å². The second kappa shape index (κ2) is 5.71. The van der Waals surface area contributed by atoms with Gasteiger partial charge in [-0.15, -0.1) is 0 Å². The van der Waals surface area contributed by atoms with Gasteiger partial charge in [-0.2, -0.15) is 0 Å². The topological polar surface area (TPSA) is 80.2 Å². The minimum Gasteiger partial charge on any atom is -0.445 e. The number of rotatable bonds is 5. The van der Waals surface area contributed by atoms with Gasteiger partial charge in [0.05, 0.1) is 0 Å². The molecule has 2 aromatic rings. The Hall–Kier alpha value is -2.08. The summed E-state index contributed by atoms with van der Waals surface area (Å²) in [6.07, 6.45) is 1.52. The summed E-state index contributed by atoms with van der Waals surface area (Å²) in [7, 11) is 1.90. The summed E-state index contributed by atoms with van der Waals surface area (Å²) in [5.74, 6) is 3.12. The Morgan fingerprint density at radius 2 is 2.21 bits per heavy atom. The molecule has 2 rings (SSSR count). The molecule has 1 unspecified atom stereocenters. The molecule has 19 heavy (non-hydrogen) atoms. The average molecular weight is 261 g/mol. The van der Waals surface area contributed by atoms with Gasteiger partial charge < -0.3 is 15.5 Å². The molecule has 3 N–H and O–H groups in total. The van der Waals surface area contributed by atoms with Crippen molar-refractivity contribution in [3.05, 3.63) is 30.3 Å². The number of hydrogen-bond acceptors (Lipinski definition) is 6. The average Bonchev–Trinajstić information content (AvgIpc) is 2.84. The van der Waals surface area contributed by atoms with Crippen LogP contribution in [-0.4, -0.2) is 29.6 Å². The van der Waals surface area contributed by atoms with Crippen LogP contribution in [-0.2, 0) is 0 Å². The molecule has 0 bridgehead atoms. The van der Waals surface area contributed by atoms with Crippen LogP contribution < -0.4 is 16.0 Å². The number of aryl methyl sites for hydroxylation is 1. The van der Waals surface area contributed by atoms with E-state index in [1.807, 2.05) is 44.0 Å². The molecule has 0 saturated carbocycles. The smallest absolute Gasteiger partial charge is 0.200 e. The van der Waals surface area contributed by atoms with Crippen molar-refractivity contribution in [2.75, 3.05) is 23.8 Å². The van der Waals surface area contributed by atoms with E-state index < -0.39 is 0 Å². The largest absolute Gasteiger partial charge is 0.445 e. The van der Waals surface area contributed by atoms with E-state index in [1.54, 1.807) is 0 Å². The summed E-state index contributed by atoms with van der Waals surface area (Å²) in [4.78, 5) is 10.3. The van der Waals surface area contributed by atoms with E-state index in [2.05, 4.69) is 15.3 Å². The van der Waals surface area contributed by atoms with Crippen LogP contribution in [0.3, 0.4) is 0 Å². The lowest BCUT2D eigenvalue weighted by molar-refractivity contribution is 0.537. The summed E-state index contributed by atoms with van der Waals surface area (Å²) in [6, 6.07) is 5.86. The third-order valence-corrected chi connectivity index (χ3v) is 2.80. The highest BCUT2D eigenvalue weighted by Crippen LogP contribution is 2.24. The van der Waals surface area contributed by atoms with Crippen molar-refractivity contribution in [1.29, 1.82) is 0 Å². The maximum absolute atomic E-state index is 5.58. The standard InChI is InChI=1S/C13H19N5O/c1-9(7-14)17-11-6-12(16-8-15-11)18(3)13-5-4-10(2)19-13/h4-6,8-9H,7,14H2,1-3H3,(H,15,16,17). The number of anilines is 3. The third-order valence-electron chi connectivity index (χ3n) is 2.80. The van der Waals surface area contributed by atoms with Crippen LogP contribution in [0.1, 0.15) is 12.7 Å². The van der Waals surface area contributed by atoms with Crippen molar-refractivity contribution in [2.24, 2.45) is 5.73 Å². The van der Waals surface area contributed by atoms with E-state index in [1.165, 1.54) is 6.33 Å². The second-order valence-corrected chi connectivity index (χ2v) is 4.49. The molecule has 0 aliphatic carbocycles. The first-order valence-electron chi connectivity index (χ1n) is 6.19. The molecular formula is C13H19N5O. The predicted octanol–water partition coefficient (Wildman–Crippen LogP) is 1.91. The molecule has 102 valence electrons. The summed E-state index contributed by atoms with van der Waals surface area (Å²) >= 11 is 0. The number of nitrogens with zero attached hydrogens (tertiary/aromatic N) is 3. The predicted molar refractivity (Wildman–Crippen MR) is 75.7 cm³/mol. The van der Waals surface area contributed by atoms with Crippen LogP contribution in [0.4, 0.5) is 17.5 Å². The van der Waals surface area contributed by atoms with E-state index in [9.17, 15) is 0 Å². The first-order valence-corrected chi connectivity index (χ1v) is 6.19. The van der Waals surface area contributed by atoms with Crippen LogP contribution >= 0.6 is 0 Å². The van der Waals surface area contributed by atoms with Gasteiger partial charge in [-0.3, -0.25) is 4.90 Å². The zero-order valence-electron chi connectivity index (χ0n) is 11.4. The SMILES string of the molecule is Cc1ccc(N(C)c2cc(NC(C)CN)ncn2)o1.